The quantitative estimate of drug-likeness (QED) is 0.822. The zero-order valence-corrected chi connectivity index (χ0v) is 9.21. The second-order valence-electron chi connectivity index (χ2n) is 3.60. The first-order valence-electron chi connectivity index (χ1n) is 4.40. The van der Waals surface area contributed by atoms with E-state index in [-0.39, 0.29) is 11.8 Å². The van der Waals surface area contributed by atoms with Crippen molar-refractivity contribution in [3.8, 4) is 0 Å². The van der Waals surface area contributed by atoms with E-state index in [9.17, 15) is 8.42 Å². The number of benzene rings is 1. The number of nitrogens with two attached hydrogens (primary N) is 1. The Hall–Kier alpha value is -0.870. The first-order valence-corrected chi connectivity index (χ1v) is 6.47. The van der Waals surface area contributed by atoms with Gasteiger partial charge in [-0.2, -0.15) is 0 Å². The van der Waals surface area contributed by atoms with Crippen molar-refractivity contribution in [3.63, 3.8) is 0 Å². The maximum absolute atomic E-state index is 11.0. The van der Waals surface area contributed by atoms with Crippen LogP contribution in [0.4, 0.5) is 0 Å². The third kappa shape index (κ3) is 3.47. The Kier molecular flexibility index (Phi) is 3.29. The lowest BCUT2D eigenvalue weighted by Gasteiger charge is -2.06. The van der Waals surface area contributed by atoms with Crippen molar-refractivity contribution >= 4 is 9.84 Å². The molecule has 4 heteroatoms. The van der Waals surface area contributed by atoms with Gasteiger partial charge in [0.15, 0.2) is 9.84 Å². The van der Waals surface area contributed by atoms with Crippen molar-refractivity contribution in [1.29, 1.82) is 0 Å². The number of rotatable bonds is 3. The summed E-state index contributed by atoms with van der Waals surface area (Å²) in [5.74, 6) is 0.0895. The third-order valence-electron chi connectivity index (χ3n) is 1.93. The molecule has 0 aliphatic heterocycles. The maximum atomic E-state index is 11.0. The highest BCUT2D eigenvalue weighted by Crippen LogP contribution is 2.12. The standard InChI is InChI=1S/C10H15NO2S/c1-8(11)10-5-3-9(4-6-10)7-14(2,12)13/h3-6,8H,7,11H2,1-2H3. The van der Waals surface area contributed by atoms with Gasteiger partial charge in [0.05, 0.1) is 5.75 Å². The summed E-state index contributed by atoms with van der Waals surface area (Å²) in [4.78, 5) is 0. The summed E-state index contributed by atoms with van der Waals surface area (Å²) >= 11 is 0. The van der Waals surface area contributed by atoms with Gasteiger partial charge in [0.1, 0.15) is 0 Å². The van der Waals surface area contributed by atoms with E-state index in [1.54, 1.807) is 12.1 Å². The molecule has 1 aromatic rings. The van der Waals surface area contributed by atoms with Crippen LogP contribution in [0.15, 0.2) is 24.3 Å². The van der Waals surface area contributed by atoms with Crippen molar-refractivity contribution in [2.45, 2.75) is 18.7 Å². The molecule has 0 fully saturated rings. The molecule has 2 N–H and O–H groups in total. The molecule has 0 aliphatic rings. The van der Waals surface area contributed by atoms with E-state index in [1.807, 2.05) is 19.1 Å². The minimum atomic E-state index is -2.94. The average Bonchev–Trinajstić information content (AvgIpc) is 2.02. The Balaban J connectivity index is 2.84. The molecule has 1 atom stereocenters. The van der Waals surface area contributed by atoms with Gasteiger partial charge in [-0.25, -0.2) is 8.42 Å². The molecule has 1 rings (SSSR count). The van der Waals surface area contributed by atoms with Crippen LogP contribution in [-0.2, 0) is 15.6 Å². The van der Waals surface area contributed by atoms with Gasteiger partial charge in [-0.3, -0.25) is 0 Å². The van der Waals surface area contributed by atoms with Gasteiger partial charge in [0.2, 0.25) is 0 Å². The summed E-state index contributed by atoms with van der Waals surface area (Å²) in [7, 11) is -2.94. The first kappa shape index (κ1) is 11.2. The van der Waals surface area contributed by atoms with Crippen molar-refractivity contribution in [2.75, 3.05) is 6.26 Å². The molecule has 0 aliphatic carbocycles. The smallest absolute Gasteiger partial charge is 0.151 e. The summed E-state index contributed by atoms with van der Waals surface area (Å²) in [6, 6.07) is 7.33. The number of sulfone groups is 1. The Labute approximate surface area is 84.9 Å². The largest absolute Gasteiger partial charge is 0.324 e. The van der Waals surface area contributed by atoms with E-state index in [0.717, 1.165) is 11.1 Å². The van der Waals surface area contributed by atoms with Crippen LogP contribution >= 0.6 is 0 Å². The molecule has 1 unspecified atom stereocenters. The monoisotopic (exact) mass is 213 g/mol. The summed E-state index contributed by atoms with van der Waals surface area (Å²) in [5, 5.41) is 0. The van der Waals surface area contributed by atoms with Crippen LogP contribution in [0.2, 0.25) is 0 Å². The highest BCUT2D eigenvalue weighted by Gasteiger charge is 2.04. The summed E-state index contributed by atoms with van der Waals surface area (Å²) in [5.41, 5.74) is 7.49. The zero-order chi connectivity index (χ0) is 10.8. The fourth-order valence-corrected chi connectivity index (χ4v) is 2.02. The van der Waals surface area contributed by atoms with Crippen molar-refractivity contribution in [1.82, 2.24) is 0 Å². The van der Waals surface area contributed by atoms with Gasteiger partial charge in [-0.15, -0.1) is 0 Å². The topological polar surface area (TPSA) is 60.2 Å². The predicted molar refractivity (Wildman–Crippen MR) is 57.6 cm³/mol. The minimum Gasteiger partial charge on any atom is -0.324 e. The van der Waals surface area contributed by atoms with Crippen molar-refractivity contribution < 1.29 is 8.42 Å². The fraction of sp³-hybridized carbons (Fsp3) is 0.400. The molecule has 0 saturated carbocycles. The Morgan fingerprint density at radius 1 is 1.29 bits per heavy atom. The first-order chi connectivity index (χ1) is 6.38. The molecule has 0 amide bonds. The average molecular weight is 213 g/mol. The minimum absolute atomic E-state index is 0.0118. The van der Waals surface area contributed by atoms with Crippen LogP contribution in [-0.4, -0.2) is 14.7 Å². The zero-order valence-electron chi connectivity index (χ0n) is 8.40. The highest BCUT2D eigenvalue weighted by atomic mass is 32.2. The Morgan fingerprint density at radius 2 is 1.79 bits per heavy atom. The normalized spacial score (nSPS) is 13.9. The van der Waals surface area contributed by atoms with E-state index in [0.29, 0.717) is 0 Å². The van der Waals surface area contributed by atoms with Crippen LogP contribution in [0.1, 0.15) is 24.1 Å². The Bertz CT molecular complexity index is 393. The van der Waals surface area contributed by atoms with Gasteiger partial charge < -0.3 is 5.73 Å². The van der Waals surface area contributed by atoms with Crippen LogP contribution in [0.5, 0.6) is 0 Å². The van der Waals surface area contributed by atoms with Gasteiger partial charge in [-0.1, -0.05) is 24.3 Å². The molecule has 0 saturated heterocycles. The van der Waals surface area contributed by atoms with Crippen LogP contribution in [0.25, 0.3) is 0 Å². The highest BCUT2D eigenvalue weighted by molar-refractivity contribution is 7.89. The second-order valence-corrected chi connectivity index (χ2v) is 5.74. The molecule has 0 bridgehead atoms. The lowest BCUT2D eigenvalue weighted by atomic mass is 10.1. The molecule has 78 valence electrons. The van der Waals surface area contributed by atoms with Crippen LogP contribution < -0.4 is 5.73 Å². The third-order valence-corrected chi connectivity index (χ3v) is 2.79. The SMILES string of the molecule is CC(N)c1ccc(CS(C)(=O)=O)cc1. The van der Waals surface area contributed by atoms with Crippen LogP contribution in [0, 0.1) is 0 Å². The number of hydrogen-bond donors (Lipinski definition) is 1. The van der Waals surface area contributed by atoms with Crippen LogP contribution in [0.3, 0.4) is 0 Å². The van der Waals surface area contributed by atoms with E-state index in [4.69, 9.17) is 5.73 Å². The fourth-order valence-electron chi connectivity index (χ4n) is 1.22. The maximum Gasteiger partial charge on any atom is 0.151 e. The lowest BCUT2D eigenvalue weighted by Crippen LogP contribution is -2.05. The molecular formula is C10H15NO2S. The molecule has 0 spiro atoms. The van der Waals surface area contributed by atoms with E-state index >= 15 is 0 Å². The van der Waals surface area contributed by atoms with E-state index < -0.39 is 9.84 Å². The van der Waals surface area contributed by atoms with Gasteiger partial charge in [-0.05, 0) is 18.1 Å². The van der Waals surface area contributed by atoms with Crippen molar-refractivity contribution in [3.05, 3.63) is 35.4 Å². The van der Waals surface area contributed by atoms with Gasteiger partial charge in [0, 0.05) is 12.3 Å². The van der Waals surface area contributed by atoms with Crippen molar-refractivity contribution in [2.24, 2.45) is 5.73 Å². The van der Waals surface area contributed by atoms with E-state index in [1.165, 1.54) is 6.26 Å². The van der Waals surface area contributed by atoms with E-state index in [2.05, 4.69) is 0 Å². The molecular weight excluding hydrogens is 198 g/mol. The molecule has 1 aromatic carbocycles. The molecule has 14 heavy (non-hydrogen) atoms. The molecule has 0 radical (unpaired) electrons. The molecule has 0 heterocycles. The summed E-state index contributed by atoms with van der Waals surface area (Å²) in [6.45, 7) is 1.89. The summed E-state index contributed by atoms with van der Waals surface area (Å²) < 4.78 is 22.0. The lowest BCUT2D eigenvalue weighted by molar-refractivity contribution is 0.601. The second kappa shape index (κ2) is 4.11. The molecule has 3 nitrogen and oxygen atoms in total. The Morgan fingerprint density at radius 3 is 2.14 bits per heavy atom. The van der Waals surface area contributed by atoms with Gasteiger partial charge in [0.25, 0.3) is 0 Å². The van der Waals surface area contributed by atoms with Gasteiger partial charge >= 0.3 is 0 Å². The summed E-state index contributed by atoms with van der Waals surface area (Å²) in [6.07, 6.45) is 1.23. The number of hydrogen-bond acceptors (Lipinski definition) is 3. The molecule has 0 aromatic heterocycles. The predicted octanol–water partition coefficient (Wildman–Crippen LogP) is 1.25.